The molecule has 0 aliphatic carbocycles. The van der Waals surface area contributed by atoms with Gasteiger partial charge in [0.15, 0.2) is 0 Å². The van der Waals surface area contributed by atoms with E-state index in [1.54, 1.807) is 12.1 Å². The van der Waals surface area contributed by atoms with Crippen molar-refractivity contribution in [1.29, 1.82) is 0 Å². The maximum absolute atomic E-state index is 13.1. The van der Waals surface area contributed by atoms with Gasteiger partial charge in [-0.1, -0.05) is 17.7 Å². The molecule has 1 aromatic heterocycles. The minimum Gasteiger partial charge on any atom is -0.325 e. The zero-order valence-electron chi connectivity index (χ0n) is 7.30. The standard InChI is InChI=1S/C10H8ClFN2/c11-8-3-6-1-2-7(5-13)14-10(6)4-9(8)12/h1-4H,5,13H2. The smallest absolute Gasteiger partial charge is 0.143 e. The SMILES string of the molecule is NCc1ccc2cc(Cl)c(F)cc2n1. The first-order valence-corrected chi connectivity index (χ1v) is 4.53. The summed E-state index contributed by atoms with van der Waals surface area (Å²) in [6.07, 6.45) is 0. The van der Waals surface area contributed by atoms with Crippen molar-refractivity contribution in [2.75, 3.05) is 0 Å². The van der Waals surface area contributed by atoms with Gasteiger partial charge in [-0.2, -0.15) is 0 Å². The van der Waals surface area contributed by atoms with Crippen LogP contribution < -0.4 is 5.73 Å². The Balaban J connectivity index is 2.70. The zero-order valence-corrected chi connectivity index (χ0v) is 8.05. The highest BCUT2D eigenvalue weighted by atomic mass is 35.5. The molecule has 0 bridgehead atoms. The van der Waals surface area contributed by atoms with Crippen LogP contribution in [0.3, 0.4) is 0 Å². The fourth-order valence-electron chi connectivity index (χ4n) is 1.27. The molecule has 4 heteroatoms. The summed E-state index contributed by atoms with van der Waals surface area (Å²) >= 11 is 5.63. The van der Waals surface area contributed by atoms with Crippen molar-refractivity contribution >= 4 is 22.5 Å². The lowest BCUT2D eigenvalue weighted by Gasteiger charge is -2.01. The number of rotatable bonds is 1. The molecule has 0 amide bonds. The Morgan fingerprint density at radius 1 is 1.36 bits per heavy atom. The Hall–Kier alpha value is -1.19. The van der Waals surface area contributed by atoms with Gasteiger partial charge >= 0.3 is 0 Å². The Morgan fingerprint density at radius 3 is 2.86 bits per heavy atom. The summed E-state index contributed by atoms with van der Waals surface area (Å²) in [6, 6.07) is 6.50. The fourth-order valence-corrected chi connectivity index (χ4v) is 1.45. The molecule has 0 radical (unpaired) electrons. The summed E-state index contributed by atoms with van der Waals surface area (Å²) in [6.45, 7) is 0.347. The van der Waals surface area contributed by atoms with E-state index in [-0.39, 0.29) is 5.02 Å². The van der Waals surface area contributed by atoms with Crippen molar-refractivity contribution in [3.63, 3.8) is 0 Å². The molecule has 1 heterocycles. The molecular weight excluding hydrogens is 203 g/mol. The van der Waals surface area contributed by atoms with Gasteiger partial charge < -0.3 is 5.73 Å². The topological polar surface area (TPSA) is 38.9 Å². The highest BCUT2D eigenvalue weighted by Gasteiger charge is 2.03. The lowest BCUT2D eigenvalue weighted by atomic mass is 10.2. The molecule has 2 N–H and O–H groups in total. The molecule has 0 spiro atoms. The highest BCUT2D eigenvalue weighted by Crippen LogP contribution is 2.21. The normalized spacial score (nSPS) is 10.8. The first-order chi connectivity index (χ1) is 6.70. The number of hydrogen-bond acceptors (Lipinski definition) is 2. The predicted octanol–water partition coefficient (Wildman–Crippen LogP) is 2.49. The first-order valence-electron chi connectivity index (χ1n) is 4.15. The van der Waals surface area contributed by atoms with E-state index < -0.39 is 5.82 Å². The second-order valence-corrected chi connectivity index (χ2v) is 3.37. The van der Waals surface area contributed by atoms with E-state index in [1.807, 2.05) is 6.07 Å². The molecule has 0 saturated heterocycles. The van der Waals surface area contributed by atoms with Crippen molar-refractivity contribution in [3.8, 4) is 0 Å². The minimum atomic E-state index is -0.458. The molecule has 0 fully saturated rings. The minimum absolute atomic E-state index is 0.111. The number of benzene rings is 1. The average Bonchev–Trinajstić information content (AvgIpc) is 2.19. The van der Waals surface area contributed by atoms with Crippen LogP contribution in [0.1, 0.15) is 5.69 Å². The van der Waals surface area contributed by atoms with Gasteiger partial charge in [0, 0.05) is 18.0 Å². The summed E-state index contributed by atoms with van der Waals surface area (Å²) < 4.78 is 13.1. The van der Waals surface area contributed by atoms with Gasteiger partial charge in [0.1, 0.15) is 5.82 Å². The lowest BCUT2D eigenvalue weighted by molar-refractivity contribution is 0.629. The second-order valence-electron chi connectivity index (χ2n) is 2.97. The van der Waals surface area contributed by atoms with Gasteiger partial charge in [-0.05, 0) is 12.1 Å². The summed E-state index contributed by atoms with van der Waals surface area (Å²) in [7, 11) is 0. The molecule has 1 aromatic carbocycles. The van der Waals surface area contributed by atoms with Crippen LogP contribution >= 0.6 is 11.6 Å². The first kappa shape index (κ1) is 9.37. The Kier molecular flexibility index (Phi) is 2.35. The van der Waals surface area contributed by atoms with Crippen LogP contribution in [0.15, 0.2) is 24.3 Å². The van der Waals surface area contributed by atoms with Crippen LogP contribution in [-0.4, -0.2) is 4.98 Å². The van der Waals surface area contributed by atoms with Gasteiger partial charge in [0.2, 0.25) is 0 Å². The number of halogens is 2. The van der Waals surface area contributed by atoms with E-state index in [4.69, 9.17) is 17.3 Å². The zero-order chi connectivity index (χ0) is 10.1. The van der Waals surface area contributed by atoms with E-state index in [1.165, 1.54) is 6.07 Å². The summed E-state index contributed by atoms with van der Waals surface area (Å²) in [5.74, 6) is -0.458. The fraction of sp³-hybridized carbons (Fsp3) is 0.100. The van der Waals surface area contributed by atoms with E-state index in [9.17, 15) is 4.39 Å². The third-order valence-electron chi connectivity index (χ3n) is 2.00. The molecular formula is C10H8ClFN2. The third-order valence-corrected chi connectivity index (χ3v) is 2.29. The summed E-state index contributed by atoms with van der Waals surface area (Å²) in [5.41, 5.74) is 6.74. The molecule has 2 nitrogen and oxygen atoms in total. The molecule has 0 atom stereocenters. The lowest BCUT2D eigenvalue weighted by Crippen LogP contribution is -1.99. The molecule has 0 unspecified atom stereocenters. The second kappa shape index (κ2) is 3.52. The van der Waals surface area contributed by atoms with Crippen molar-refractivity contribution in [2.45, 2.75) is 6.54 Å². The van der Waals surface area contributed by atoms with Gasteiger partial charge in [0.05, 0.1) is 16.2 Å². The van der Waals surface area contributed by atoms with E-state index in [0.717, 1.165) is 11.1 Å². The predicted molar refractivity (Wildman–Crippen MR) is 54.6 cm³/mol. The van der Waals surface area contributed by atoms with Crippen LogP contribution in [0, 0.1) is 5.82 Å². The number of hydrogen-bond donors (Lipinski definition) is 1. The Bertz CT molecular complexity index is 485. The maximum atomic E-state index is 13.1. The summed E-state index contributed by atoms with van der Waals surface area (Å²) in [4.78, 5) is 4.17. The van der Waals surface area contributed by atoms with Gasteiger partial charge in [0.25, 0.3) is 0 Å². The highest BCUT2D eigenvalue weighted by molar-refractivity contribution is 6.31. The van der Waals surface area contributed by atoms with Gasteiger partial charge in [-0.25, -0.2) is 4.39 Å². The maximum Gasteiger partial charge on any atom is 0.143 e. The van der Waals surface area contributed by atoms with Crippen LogP contribution in [0.25, 0.3) is 10.9 Å². The number of nitrogens with zero attached hydrogens (tertiary/aromatic N) is 1. The van der Waals surface area contributed by atoms with Crippen LogP contribution in [-0.2, 0) is 6.54 Å². The average molecular weight is 211 g/mol. The summed E-state index contributed by atoms with van der Waals surface area (Å²) in [5, 5.41) is 0.924. The molecule has 14 heavy (non-hydrogen) atoms. The number of nitrogens with two attached hydrogens (primary N) is 1. The Labute approximate surface area is 85.5 Å². The van der Waals surface area contributed by atoms with Crippen LogP contribution in [0.4, 0.5) is 4.39 Å². The molecule has 0 saturated carbocycles. The van der Waals surface area contributed by atoms with E-state index in [0.29, 0.717) is 12.1 Å². The quantitative estimate of drug-likeness (QED) is 0.786. The molecule has 0 aliphatic heterocycles. The largest absolute Gasteiger partial charge is 0.325 e. The third kappa shape index (κ3) is 1.56. The number of pyridine rings is 1. The van der Waals surface area contributed by atoms with Crippen molar-refractivity contribution < 1.29 is 4.39 Å². The van der Waals surface area contributed by atoms with Crippen molar-refractivity contribution in [1.82, 2.24) is 4.98 Å². The van der Waals surface area contributed by atoms with Gasteiger partial charge in [-0.3, -0.25) is 4.98 Å². The van der Waals surface area contributed by atoms with Crippen LogP contribution in [0.2, 0.25) is 5.02 Å². The molecule has 72 valence electrons. The van der Waals surface area contributed by atoms with Gasteiger partial charge in [-0.15, -0.1) is 0 Å². The van der Waals surface area contributed by atoms with E-state index >= 15 is 0 Å². The molecule has 2 rings (SSSR count). The Morgan fingerprint density at radius 2 is 2.14 bits per heavy atom. The number of aromatic nitrogens is 1. The monoisotopic (exact) mass is 210 g/mol. The van der Waals surface area contributed by atoms with Crippen molar-refractivity contribution in [2.24, 2.45) is 5.73 Å². The van der Waals surface area contributed by atoms with Crippen molar-refractivity contribution in [3.05, 3.63) is 40.8 Å². The van der Waals surface area contributed by atoms with E-state index in [2.05, 4.69) is 4.98 Å². The van der Waals surface area contributed by atoms with Crippen LogP contribution in [0.5, 0.6) is 0 Å². The molecule has 0 aliphatic rings. The number of fused-ring (bicyclic) bond motifs is 1. The molecule has 2 aromatic rings.